The Hall–Kier alpha value is -2.46. The summed E-state index contributed by atoms with van der Waals surface area (Å²) in [5, 5.41) is 2.38. The molecule has 1 heteroatoms. The van der Waals surface area contributed by atoms with E-state index in [1.165, 1.54) is 10.8 Å². The molecule has 1 aromatic heterocycles. The normalized spacial score (nSPS) is 12.2. The largest absolute Gasteiger partial charge is 0.465 e. The Morgan fingerprint density at radius 2 is 1.79 bits per heavy atom. The summed E-state index contributed by atoms with van der Waals surface area (Å²) < 4.78 is 5.70. The molecule has 0 bridgehead atoms. The minimum atomic E-state index is -0.139. The lowest BCUT2D eigenvalue weighted by atomic mass is 9.92. The third-order valence-corrected chi connectivity index (χ3v) is 3.35. The number of fused-ring (bicyclic) bond motifs is 1. The fourth-order valence-electron chi connectivity index (χ4n) is 2.44. The van der Waals surface area contributed by atoms with Crippen LogP contribution in [-0.4, -0.2) is 0 Å². The second kappa shape index (κ2) is 4.66. The third kappa shape index (κ3) is 2.02. The summed E-state index contributed by atoms with van der Waals surface area (Å²) in [5.41, 5.74) is 1.12. The number of aryl methyl sites for hydroxylation is 1. The molecule has 0 saturated carbocycles. The Bertz CT molecular complexity index is 753. The van der Waals surface area contributed by atoms with Crippen LogP contribution in [0.1, 0.15) is 23.0 Å². The van der Waals surface area contributed by atoms with Crippen LogP contribution < -0.4 is 0 Å². The predicted octanol–water partition coefficient (Wildman–Crippen LogP) is 4.51. The van der Waals surface area contributed by atoms with Gasteiger partial charge in [-0.05, 0) is 35.4 Å². The summed E-state index contributed by atoms with van der Waals surface area (Å²) in [4.78, 5) is 0. The van der Waals surface area contributed by atoms with E-state index in [0.29, 0.717) is 0 Å². The molecule has 1 unspecified atom stereocenters. The fourth-order valence-corrected chi connectivity index (χ4v) is 2.44. The molecule has 3 rings (SSSR count). The molecule has 2 aromatic carbocycles. The number of terminal acetylenes is 1. The highest BCUT2D eigenvalue weighted by Crippen LogP contribution is 2.31. The van der Waals surface area contributed by atoms with Crippen LogP contribution in [0.2, 0.25) is 0 Å². The molecule has 1 nitrogen and oxygen atoms in total. The Balaban J connectivity index is 2.20. The monoisotopic (exact) mass is 246 g/mol. The van der Waals surface area contributed by atoms with Gasteiger partial charge in [-0.2, -0.15) is 0 Å². The minimum absolute atomic E-state index is 0.139. The first kappa shape index (κ1) is 11.6. The van der Waals surface area contributed by atoms with Gasteiger partial charge in [0.2, 0.25) is 0 Å². The number of benzene rings is 2. The van der Waals surface area contributed by atoms with E-state index in [1.54, 1.807) is 0 Å². The highest BCUT2D eigenvalue weighted by atomic mass is 16.3. The predicted molar refractivity (Wildman–Crippen MR) is 78.1 cm³/mol. The molecule has 0 aliphatic carbocycles. The fraction of sp³-hybridized carbons (Fsp3) is 0.111. The molecule has 0 aliphatic rings. The van der Waals surface area contributed by atoms with E-state index in [4.69, 9.17) is 10.8 Å². The summed E-state index contributed by atoms with van der Waals surface area (Å²) in [6, 6.07) is 18.4. The standard InChI is InChI=1S/C18H14O/c1-3-15(18-12-11-13(2)19-18)17-10-6-8-14-7-4-5-9-16(14)17/h1,4-12,15H,2H3. The van der Waals surface area contributed by atoms with Crippen LogP contribution in [0.3, 0.4) is 0 Å². The average molecular weight is 246 g/mol. The van der Waals surface area contributed by atoms with Crippen molar-refractivity contribution in [1.82, 2.24) is 0 Å². The topological polar surface area (TPSA) is 13.1 Å². The molecule has 92 valence electrons. The van der Waals surface area contributed by atoms with Crippen molar-refractivity contribution < 1.29 is 4.42 Å². The van der Waals surface area contributed by atoms with Gasteiger partial charge in [0.1, 0.15) is 17.4 Å². The lowest BCUT2D eigenvalue weighted by molar-refractivity contribution is 0.484. The van der Waals surface area contributed by atoms with Crippen LogP contribution in [0.5, 0.6) is 0 Å². The maximum absolute atomic E-state index is 5.73. The van der Waals surface area contributed by atoms with Gasteiger partial charge in [0, 0.05) is 0 Å². The van der Waals surface area contributed by atoms with E-state index in [9.17, 15) is 0 Å². The van der Waals surface area contributed by atoms with Gasteiger partial charge >= 0.3 is 0 Å². The van der Waals surface area contributed by atoms with Gasteiger partial charge in [-0.25, -0.2) is 0 Å². The van der Waals surface area contributed by atoms with Crippen molar-refractivity contribution in [2.24, 2.45) is 0 Å². The van der Waals surface area contributed by atoms with Gasteiger partial charge in [0.05, 0.1) is 0 Å². The van der Waals surface area contributed by atoms with Crippen molar-refractivity contribution >= 4 is 10.8 Å². The summed E-state index contributed by atoms with van der Waals surface area (Å²) >= 11 is 0. The summed E-state index contributed by atoms with van der Waals surface area (Å²) in [6.45, 7) is 1.93. The molecule has 3 aromatic rings. The van der Waals surface area contributed by atoms with Crippen molar-refractivity contribution in [3.63, 3.8) is 0 Å². The molecule has 0 spiro atoms. The summed E-state index contributed by atoms with van der Waals surface area (Å²) in [7, 11) is 0. The van der Waals surface area contributed by atoms with Crippen molar-refractivity contribution in [3.05, 3.63) is 71.7 Å². The third-order valence-electron chi connectivity index (χ3n) is 3.35. The lowest BCUT2D eigenvalue weighted by Crippen LogP contribution is -1.97. The number of hydrogen-bond donors (Lipinski definition) is 0. The van der Waals surface area contributed by atoms with Crippen LogP contribution in [0.25, 0.3) is 10.8 Å². The first-order valence-electron chi connectivity index (χ1n) is 6.29. The SMILES string of the molecule is C#CC(c1ccc(C)o1)c1cccc2ccccc12. The zero-order valence-corrected chi connectivity index (χ0v) is 10.8. The van der Waals surface area contributed by atoms with E-state index in [1.807, 2.05) is 37.3 Å². The molecule has 0 N–H and O–H groups in total. The van der Waals surface area contributed by atoms with E-state index in [-0.39, 0.29) is 5.92 Å². The van der Waals surface area contributed by atoms with E-state index in [2.05, 4.69) is 30.2 Å². The van der Waals surface area contributed by atoms with Gasteiger partial charge in [0.15, 0.2) is 0 Å². The van der Waals surface area contributed by atoms with Crippen molar-refractivity contribution in [2.75, 3.05) is 0 Å². The molecule has 0 amide bonds. The van der Waals surface area contributed by atoms with Gasteiger partial charge in [0.25, 0.3) is 0 Å². The van der Waals surface area contributed by atoms with Crippen molar-refractivity contribution in [1.29, 1.82) is 0 Å². The van der Waals surface area contributed by atoms with Gasteiger partial charge in [-0.1, -0.05) is 48.4 Å². The first-order valence-corrected chi connectivity index (χ1v) is 6.29. The van der Waals surface area contributed by atoms with Gasteiger partial charge in [-0.15, -0.1) is 6.42 Å². The second-order valence-corrected chi connectivity index (χ2v) is 4.62. The maximum atomic E-state index is 5.73. The smallest absolute Gasteiger partial charge is 0.123 e. The number of rotatable bonds is 2. The van der Waals surface area contributed by atoms with Gasteiger partial charge in [-0.3, -0.25) is 0 Å². The molecule has 0 radical (unpaired) electrons. The molecular formula is C18H14O. The van der Waals surface area contributed by atoms with E-state index >= 15 is 0 Å². The number of furan rings is 1. The maximum Gasteiger partial charge on any atom is 0.123 e. The highest BCUT2D eigenvalue weighted by Gasteiger charge is 2.17. The van der Waals surface area contributed by atoms with Gasteiger partial charge < -0.3 is 4.42 Å². The first-order chi connectivity index (χ1) is 9.29. The molecule has 0 aliphatic heterocycles. The van der Waals surface area contributed by atoms with E-state index < -0.39 is 0 Å². The highest BCUT2D eigenvalue weighted by molar-refractivity contribution is 5.86. The molecule has 0 saturated heterocycles. The Labute approximate surface area is 112 Å². The Morgan fingerprint density at radius 1 is 1.00 bits per heavy atom. The van der Waals surface area contributed by atoms with Crippen molar-refractivity contribution in [2.45, 2.75) is 12.8 Å². The summed E-state index contributed by atoms with van der Waals surface area (Å²) in [5.74, 6) is 4.42. The molecular weight excluding hydrogens is 232 g/mol. The lowest BCUT2D eigenvalue weighted by Gasteiger charge is -2.11. The Kier molecular flexibility index (Phi) is 2.85. The van der Waals surface area contributed by atoms with Crippen LogP contribution in [0.4, 0.5) is 0 Å². The average Bonchev–Trinajstić information content (AvgIpc) is 2.86. The summed E-state index contributed by atoms with van der Waals surface area (Å²) in [6.07, 6.45) is 5.73. The second-order valence-electron chi connectivity index (χ2n) is 4.62. The van der Waals surface area contributed by atoms with Crippen LogP contribution in [-0.2, 0) is 0 Å². The Morgan fingerprint density at radius 3 is 2.53 bits per heavy atom. The quantitative estimate of drug-likeness (QED) is 0.606. The van der Waals surface area contributed by atoms with Crippen LogP contribution in [0, 0.1) is 19.3 Å². The molecule has 1 atom stereocenters. The zero-order valence-electron chi connectivity index (χ0n) is 10.8. The molecule has 19 heavy (non-hydrogen) atoms. The zero-order chi connectivity index (χ0) is 13.2. The minimum Gasteiger partial charge on any atom is -0.465 e. The molecule has 1 heterocycles. The number of hydrogen-bond acceptors (Lipinski definition) is 1. The van der Waals surface area contributed by atoms with Crippen LogP contribution in [0.15, 0.2) is 59.0 Å². The van der Waals surface area contributed by atoms with Crippen LogP contribution >= 0.6 is 0 Å². The van der Waals surface area contributed by atoms with E-state index in [0.717, 1.165) is 17.1 Å². The van der Waals surface area contributed by atoms with Crippen molar-refractivity contribution in [3.8, 4) is 12.3 Å². The molecule has 0 fully saturated rings.